The molecule has 1 unspecified atom stereocenters. The summed E-state index contributed by atoms with van der Waals surface area (Å²) in [6, 6.07) is 11.7. The molecule has 2 aromatic rings. The highest BCUT2D eigenvalue weighted by molar-refractivity contribution is 5.28. The fourth-order valence-corrected chi connectivity index (χ4v) is 1.86. The highest BCUT2D eigenvalue weighted by Crippen LogP contribution is 2.22. The van der Waals surface area contributed by atoms with Crippen LogP contribution in [0.4, 0.5) is 0 Å². The highest BCUT2D eigenvalue weighted by Gasteiger charge is 2.12. The van der Waals surface area contributed by atoms with Crippen LogP contribution < -0.4 is 0 Å². The van der Waals surface area contributed by atoms with Gasteiger partial charge in [-0.3, -0.25) is 0 Å². The van der Waals surface area contributed by atoms with Gasteiger partial charge in [0.1, 0.15) is 11.9 Å². The van der Waals surface area contributed by atoms with Crippen molar-refractivity contribution in [2.75, 3.05) is 0 Å². The predicted molar refractivity (Wildman–Crippen MR) is 67.8 cm³/mol. The lowest BCUT2D eigenvalue weighted by Gasteiger charge is -2.09. The first-order valence-corrected chi connectivity index (χ1v) is 6.11. The van der Waals surface area contributed by atoms with E-state index in [4.69, 9.17) is 4.42 Å². The van der Waals surface area contributed by atoms with Crippen molar-refractivity contribution in [1.82, 2.24) is 0 Å². The Kier molecular flexibility index (Phi) is 3.99. The Morgan fingerprint density at radius 2 is 1.94 bits per heavy atom. The van der Waals surface area contributed by atoms with Gasteiger partial charge in [0.15, 0.2) is 0 Å². The van der Waals surface area contributed by atoms with E-state index in [1.54, 1.807) is 18.4 Å². The first-order chi connectivity index (χ1) is 8.31. The zero-order valence-electron chi connectivity index (χ0n) is 10.1. The number of hydrogen-bond donors (Lipinski definition) is 1. The Labute approximate surface area is 102 Å². The van der Waals surface area contributed by atoms with Gasteiger partial charge in [0.25, 0.3) is 0 Å². The summed E-state index contributed by atoms with van der Waals surface area (Å²) in [6.45, 7) is 2.19. The van der Waals surface area contributed by atoms with E-state index in [0.717, 1.165) is 12.0 Å². The normalized spacial score (nSPS) is 12.6. The average Bonchev–Trinajstić information content (AvgIpc) is 2.90. The van der Waals surface area contributed by atoms with Crippen LogP contribution in [0, 0.1) is 0 Å². The van der Waals surface area contributed by atoms with Gasteiger partial charge in [0.2, 0.25) is 0 Å². The Bertz CT molecular complexity index is 428. The molecule has 2 rings (SSSR count). The topological polar surface area (TPSA) is 33.4 Å². The molecule has 2 nitrogen and oxygen atoms in total. The van der Waals surface area contributed by atoms with Crippen molar-refractivity contribution in [3.8, 4) is 0 Å². The van der Waals surface area contributed by atoms with Crippen molar-refractivity contribution < 1.29 is 9.52 Å². The van der Waals surface area contributed by atoms with Crippen LogP contribution in [0.3, 0.4) is 0 Å². The van der Waals surface area contributed by atoms with Crippen LogP contribution in [0.5, 0.6) is 0 Å². The molecule has 0 aliphatic rings. The summed E-state index contributed by atoms with van der Waals surface area (Å²) in [5.74, 6) is 0.589. The van der Waals surface area contributed by atoms with Crippen LogP contribution in [-0.2, 0) is 6.42 Å². The summed E-state index contributed by atoms with van der Waals surface area (Å²) in [4.78, 5) is 0. The molecule has 0 saturated carbocycles. The number of aliphatic hydroxyl groups is 1. The number of unbranched alkanes of at least 4 members (excludes halogenated alkanes) is 1. The molecule has 1 aromatic carbocycles. The minimum absolute atomic E-state index is 0.589. The van der Waals surface area contributed by atoms with Crippen LogP contribution >= 0.6 is 0 Å². The minimum atomic E-state index is -0.662. The third-order valence-electron chi connectivity index (χ3n) is 2.93. The number of aliphatic hydroxyl groups excluding tert-OH is 1. The van der Waals surface area contributed by atoms with Gasteiger partial charge in [-0.1, -0.05) is 37.6 Å². The number of aryl methyl sites for hydroxylation is 1. The lowest BCUT2D eigenvalue weighted by Crippen LogP contribution is -1.98. The number of furan rings is 1. The van der Waals surface area contributed by atoms with E-state index in [-0.39, 0.29) is 0 Å². The maximum absolute atomic E-state index is 10.1. The highest BCUT2D eigenvalue weighted by atomic mass is 16.4. The molecular formula is C15H18O2. The molecule has 0 amide bonds. The molecule has 1 atom stereocenters. The molecule has 1 aromatic heterocycles. The van der Waals surface area contributed by atoms with Gasteiger partial charge in [-0.05, 0) is 36.1 Å². The van der Waals surface area contributed by atoms with Crippen LogP contribution in [0.1, 0.15) is 42.8 Å². The van der Waals surface area contributed by atoms with Crippen LogP contribution in [0.15, 0.2) is 47.1 Å². The van der Waals surface area contributed by atoms with Gasteiger partial charge in [-0.15, -0.1) is 0 Å². The third kappa shape index (κ3) is 2.98. The van der Waals surface area contributed by atoms with Gasteiger partial charge in [0, 0.05) is 0 Å². The third-order valence-corrected chi connectivity index (χ3v) is 2.93. The molecule has 2 heteroatoms. The predicted octanol–water partition coefficient (Wildman–Crippen LogP) is 3.70. The van der Waals surface area contributed by atoms with Crippen LogP contribution in [-0.4, -0.2) is 5.11 Å². The second kappa shape index (κ2) is 5.69. The van der Waals surface area contributed by atoms with Gasteiger partial charge in [0.05, 0.1) is 6.26 Å². The summed E-state index contributed by atoms with van der Waals surface area (Å²) in [5.41, 5.74) is 2.20. The van der Waals surface area contributed by atoms with Gasteiger partial charge in [-0.2, -0.15) is 0 Å². The zero-order valence-corrected chi connectivity index (χ0v) is 10.1. The Balaban J connectivity index is 2.07. The smallest absolute Gasteiger partial charge is 0.137 e. The van der Waals surface area contributed by atoms with E-state index in [2.05, 4.69) is 19.1 Å². The summed E-state index contributed by atoms with van der Waals surface area (Å²) >= 11 is 0. The van der Waals surface area contributed by atoms with Crippen LogP contribution in [0.25, 0.3) is 0 Å². The second-order valence-electron chi connectivity index (χ2n) is 4.26. The molecule has 0 radical (unpaired) electrons. The van der Waals surface area contributed by atoms with E-state index in [0.29, 0.717) is 5.76 Å². The lowest BCUT2D eigenvalue weighted by molar-refractivity contribution is 0.189. The summed E-state index contributed by atoms with van der Waals surface area (Å²) in [7, 11) is 0. The molecule has 1 N–H and O–H groups in total. The fraction of sp³-hybridized carbons (Fsp3) is 0.333. The first-order valence-electron chi connectivity index (χ1n) is 6.11. The monoisotopic (exact) mass is 230 g/mol. The number of benzene rings is 1. The Morgan fingerprint density at radius 1 is 1.18 bits per heavy atom. The molecule has 0 spiro atoms. The van der Waals surface area contributed by atoms with Crippen molar-refractivity contribution in [3.05, 3.63) is 59.5 Å². The molecular weight excluding hydrogens is 212 g/mol. The maximum Gasteiger partial charge on any atom is 0.137 e. The van der Waals surface area contributed by atoms with E-state index < -0.39 is 6.10 Å². The van der Waals surface area contributed by atoms with Gasteiger partial charge in [-0.25, -0.2) is 0 Å². The average molecular weight is 230 g/mol. The molecule has 0 bridgehead atoms. The van der Waals surface area contributed by atoms with E-state index in [1.807, 2.05) is 12.1 Å². The van der Waals surface area contributed by atoms with Crippen molar-refractivity contribution in [1.29, 1.82) is 0 Å². The largest absolute Gasteiger partial charge is 0.466 e. The molecule has 0 saturated heterocycles. The fourth-order valence-electron chi connectivity index (χ4n) is 1.86. The molecule has 0 aliphatic heterocycles. The van der Waals surface area contributed by atoms with Gasteiger partial charge < -0.3 is 9.52 Å². The Hall–Kier alpha value is -1.54. The van der Waals surface area contributed by atoms with Crippen molar-refractivity contribution in [2.24, 2.45) is 0 Å². The minimum Gasteiger partial charge on any atom is -0.466 e. The zero-order chi connectivity index (χ0) is 12.1. The quantitative estimate of drug-likeness (QED) is 0.849. The van der Waals surface area contributed by atoms with Crippen molar-refractivity contribution in [3.63, 3.8) is 0 Å². The summed E-state index contributed by atoms with van der Waals surface area (Å²) < 4.78 is 5.19. The summed E-state index contributed by atoms with van der Waals surface area (Å²) in [5, 5.41) is 10.1. The number of hydrogen-bond acceptors (Lipinski definition) is 2. The SMILES string of the molecule is CCCCc1ccc(C(O)c2ccco2)cc1. The van der Waals surface area contributed by atoms with E-state index in [9.17, 15) is 5.11 Å². The molecule has 90 valence electrons. The van der Waals surface area contributed by atoms with Crippen LogP contribution in [0.2, 0.25) is 0 Å². The molecule has 0 fully saturated rings. The lowest BCUT2D eigenvalue weighted by atomic mass is 10.0. The van der Waals surface area contributed by atoms with E-state index in [1.165, 1.54) is 18.4 Å². The van der Waals surface area contributed by atoms with Crippen molar-refractivity contribution in [2.45, 2.75) is 32.3 Å². The first kappa shape index (κ1) is 11.9. The molecule has 17 heavy (non-hydrogen) atoms. The second-order valence-corrected chi connectivity index (χ2v) is 4.26. The molecule has 0 aliphatic carbocycles. The maximum atomic E-state index is 10.1. The Morgan fingerprint density at radius 3 is 2.53 bits per heavy atom. The van der Waals surface area contributed by atoms with Gasteiger partial charge >= 0.3 is 0 Å². The van der Waals surface area contributed by atoms with E-state index >= 15 is 0 Å². The standard InChI is InChI=1S/C15H18O2/c1-2-3-5-12-7-9-13(10-8-12)15(16)14-6-4-11-17-14/h4,6-11,15-16H,2-3,5H2,1H3. The molecule has 1 heterocycles. The van der Waals surface area contributed by atoms with Crippen molar-refractivity contribution >= 4 is 0 Å². The summed E-state index contributed by atoms with van der Waals surface area (Å²) in [6.07, 6.45) is 4.43. The number of rotatable bonds is 5.